The third kappa shape index (κ3) is 2.39. The molecule has 4 heteroatoms. The maximum absolute atomic E-state index is 13.2. The van der Waals surface area contributed by atoms with Gasteiger partial charge in [0.05, 0.1) is 5.60 Å². The maximum Gasteiger partial charge on any atom is 0.159 e. The molecule has 0 radical (unpaired) electrons. The second-order valence-electron chi connectivity index (χ2n) is 6.11. The highest BCUT2D eigenvalue weighted by atomic mass is 19.2. The highest BCUT2D eigenvalue weighted by Gasteiger charge is 2.45. The Morgan fingerprint density at radius 3 is 2.42 bits per heavy atom. The number of halogens is 2. The fourth-order valence-corrected chi connectivity index (χ4v) is 3.72. The minimum atomic E-state index is -0.836. The first-order chi connectivity index (χ1) is 8.97. The second-order valence-corrected chi connectivity index (χ2v) is 6.11. The lowest BCUT2D eigenvalue weighted by Crippen LogP contribution is -2.50. The summed E-state index contributed by atoms with van der Waals surface area (Å²) in [5.41, 5.74) is -0.104. The average molecular weight is 267 g/mol. The molecule has 1 N–H and O–H groups in total. The van der Waals surface area contributed by atoms with E-state index in [2.05, 4.69) is 11.9 Å². The van der Waals surface area contributed by atoms with Gasteiger partial charge >= 0.3 is 0 Å². The molecule has 0 spiro atoms. The molecule has 3 rings (SSSR count). The number of fused-ring (bicyclic) bond motifs is 2. The summed E-state index contributed by atoms with van der Waals surface area (Å²) >= 11 is 0. The minimum absolute atomic E-state index is 0.408. The second kappa shape index (κ2) is 4.53. The SMILES string of the molecule is CN1C2CCC1CC(O)(Cc1ccc(F)c(F)c1)C2. The first-order valence-corrected chi connectivity index (χ1v) is 6.85. The molecule has 2 bridgehead atoms. The summed E-state index contributed by atoms with van der Waals surface area (Å²) < 4.78 is 26.1. The van der Waals surface area contributed by atoms with Crippen LogP contribution >= 0.6 is 0 Å². The van der Waals surface area contributed by atoms with Gasteiger partial charge in [0.1, 0.15) is 0 Å². The van der Waals surface area contributed by atoms with Crippen LogP contribution in [0, 0.1) is 11.6 Å². The number of hydrogen-bond donors (Lipinski definition) is 1. The van der Waals surface area contributed by atoms with E-state index in [9.17, 15) is 13.9 Å². The van der Waals surface area contributed by atoms with E-state index >= 15 is 0 Å². The van der Waals surface area contributed by atoms with Crippen molar-refractivity contribution in [3.63, 3.8) is 0 Å². The van der Waals surface area contributed by atoms with Crippen molar-refractivity contribution in [2.75, 3.05) is 7.05 Å². The van der Waals surface area contributed by atoms with Crippen molar-refractivity contribution in [3.05, 3.63) is 35.4 Å². The van der Waals surface area contributed by atoms with Gasteiger partial charge in [-0.25, -0.2) is 8.78 Å². The van der Waals surface area contributed by atoms with Crippen LogP contribution in [-0.4, -0.2) is 34.7 Å². The molecular weight excluding hydrogens is 248 g/mol. The third-order valence-corrected chi connectivity index (χ3v) is 4.73. The molecule has 2 fully saturated rings. The maximum atomic E-state index is 13.2. The largest absolute Gasteiger partial charge is 0.389 e. The van der Waals surface area contributed by atoms with Crippen molar-refractivity contribution < 1.29 is 13.9 Å². The number of aliphatic hydroxyl groups is 1. The van der Waals surface area contributed by atoms with E-state index in [1.807, 2.05) is 0 Å². The fourth-order valence-electron chi connectivity index (χ4n) is 3.72. The minimum Gasteiger partial charge on any atom is -0.389 e. The van der Waals surface area contributed by atoms with Crippen LogP contribution in [0.25, 0.3) is 0 Å². The average Bonchev–Trinajstić information content (AvgIpc) is 2.59. The molecule has 1 aromatic carbocycles. The van der Waals surface area contributed by atoms with Gasteiger partial charge < -0.3 is 10.0 Å². The molecule has 0 saturated carbocycles. The standard InChI is InChI=1S/C15H19F2NO/c1-18-11-3-4-12(18)9-15(19,8-11)7-10-2-5-13(16)14(17)6-10/h2,5-6,11-12,19H,3-4,7-9H2,1H3. The first kappa shape index (κ1) is 13.0. The molecule has 0 amide bonds. The van der Waals surface area contributed by atoms with E-state index in [-0.39, 0.29) is 0 Å². The fraction of sp³-hybridized carbons (Fsp3) is 0.600. The Bertz CT molecular complexity index is 477. The molecule has 0 aliphatic carbocycles. The smallest absolute Gasteiger partial charge is 0.159 e. The summed E-state index contributed by atoms with van der Waals surface area (Å²) in [6, 6.07) is 4.75. The molecule has 104 valence electrons. The Labute approximate surface area is 112 Å². The van der Waals surface area contributed by atoms with Crippen LogP contribution in [0.1, 0.15) is 31.2 Å². The summed E-state index contributed by atoms with van der Waals surface area (Å²) in [7, 11) is 2.11. The van der Waals surface area contributed by atoms with E-state index in [4.69, 9.17) is 0 Å². The van der Waals surface area contributed by atoms with Crippen LogP contribution in [0.3, 0.4) is 0 Å². The van der Waals surface area contributed by atoms with Crippen molar-refractivity contribution >= 4 is 0 Å². The van der Waals surface area contributed by atoms with Gasteiger partial charge in [-0.15, -0.1) is 0 Å². The Balaban J connectivity index is 1.77. The van der Waals surface area contributed by atoms with Crippen LogP contribution in [0.15, 0.2) is 18.2 Å². The third-order valence-electron chi connectivity index (χ3n) is 4.73. The molecule has 2 atom stereocenters. The zero-order valence-electron chi connectivity index (χ0n) is 11.1. The Morgan fingerprint density at radius 2 is 1.84 bits per heavy atom. The molecule has 2 heterocycles. The van der Waals surface area contributed by atoms with Gasteiger partial charge in [-0.1, -0.05) is 6.07 Å². The van der Waals surface area contributed by atoms with Gasteiger partial charge in [0.2, 0.25) is 0 Å². The van der Waals surface area contributed by atoms with Crippen LogP contribution in [0.2, 0.25) is 0 Å². The topological polar surface area (TPSA) is 23.5 Å². The zero-order chi connectivity index (χ0) is 13.6. The van der Waals surface area contributed by atoms with Crippen LogP contribution in [0.5, 0.6) is 0 Å². The van der Waals surface area contributed by atoms with Crippen molar-refractivity contribution in [2.24, 2.45) is 0 Å². The summed E-state index contributed by atoms with van der Waals surface area (Å²) in [6.07, 6.45) is 4.10. The Hall–Kier alpha value is -1.00. The lowest BCUT2D eigenvalue weighted by molar-refractivity contribution is -0.0437. The van der Waals surface area contributed by atoms with Crippen molar-refractivity contribution in [2.45, 2.75) is 49.8 Å². The first-order valence-electron chi connectivity index (χ1n) is 6.85. The predicted molar refractivity (Wildman–Crippen MR) is 68.8 cm³/mol. The molecule has 0 aromatic heterocycles. The van der Waals surface area contributed by atoms with Gasteiger partial charge in [-0.2, -0.15) is 0 Å². The van der Waals surface area contributed by atoms with Crippen molar-refractivity contribution in [3.8, 4) is 0 Å². The van der Waals surface area contributed by atoms with Crippen molar-refractivity contribution in [1.82, 2.24) is 4.90 Å². The number of hydrogen-bond acceptors (Lipinski definition) is 2. The van der Waals surface area contributed by atoms with Gasteiger partial charge in [0, 0.05) is 18.5 Å². The zero-order valence-corrected chi connectivity index (χ0v) is 11.1. The Morgan fingerprint density at radius 1 is 1.21 bits per heavy atom. The molecular formula is C15H19F2NO. The van der Waals surface area contributed by atoms with E-state index in [1.54, 1.807) is 6.07 Å². The lowest BCUT2D eigenvalue weighted by Gasteiger charge is -2.42. The number of benzene rings is 1. The molecule has 2 aliphatic heterocycles. The van der Waals surface area contributed by atoms with E-state index < -0.39 is 17.2 Å². The van der Waals surface area contributed by atoms with E-state index in [0.29, 0.717) is 24.1 Å². The van der Waals surface area contributed by atoms with E-state index in [0.717, 1.165) is 31.7 Å². The van der Waals surface area contributed by atoms with Gasteiger partial charge in [0.15, 0.2) is 11.6 Å². The molecule has 2 saturated heterocycles. The summed E-state index contributed by atoms with van der Waals surface area (Å²) in [5, 5.41) is 10.7. The van der Waals surface area contributed by atoms with Crippen LogP contribution < -0.4 is 0 Å². The van der Waals surface area contributed by atoms with Gasteiger partial charge in [0.25, 0.3) is 0 Å². The van der Waals surface area contributed by atoms with Gasteiger partial charge in [-0.05, 0) is 50.4 Å². The summed E-state index contributed by atoms with van der Waals surface area (Å²) in [6.45, 7) is 0. The normalized spacial score (nSPS) is 34.7. The summed E-state index contributed by atoms with van der Waals surface area (Å²) in [4.78, 5) is 2.35. The lowest BCUT2D eigenvalue weighted by atomic mass is 9.81. The molecule has 2 aliphatic rings. The highest BCUT2D eigenvalue weighted by molar-refractivity contribution is 5.21. The van der Waals surface area contributed by atoms with E-state index in [1.165, 1.54) is 6.07 Å². The number of nitrogens with zero attached hydrogens (tertiary/aromatic N) is 1. The molecule has 2 nitrogen and oxygen atoms in total. The van der Waals surface area contributed by atoms with Crippen molar-refractivity contribution in [1.29, 1.82) is 0 Å². The van der Waals surface area contributed by atoms with Crippen LogP contribution in [0.4, 0.5) is 8.78 Å². The predicted octanol–water partition coefficient (Wildman–Crippen LogP) is 2.50. The number of piperidine rings is 1. The highest BCUT2D eigenvalue weighted by Crippen LogP contribution is 2.41. The monoisotopic (exact) mass is 267 g/mol. The number of rotatable bonds is 2. The summed E-state index contributed by atoms with van der Waals surface area (Å²) in [5.74, 6) is -1.67. The molecule has 19 heavy (non-hydrogen) atoms. The van der Waals surface area contributed by atoms with Gasteiger partial charge in [-0.3, -0.25) is 0 Å². The Kier molecular flexibility index (Phi) is 3.10. The quantitative estimate of drug-likeness (QED) is 0.890. The molecule has 1 aromatic rings. The molecule has 2 unspecified atom stereocenters. The van der Waals surface area contributed by atoms with Crippen LogP contribution in [-0.2, 0) is 6.42 Å².